The first-order valence-electron chi connectivity index (χ1n) is 10.8. The fourth-order valence-corrected chi connectivity index (χ4v) is 4.18. The molecule has 0 aromatic carbocycles. The van der Waals surface area contributed by atoms with Crippen LogP contribution < -0.4 is 10.6 Å². The molecular weight excluding hydrogens is 370 g/mol. The number of nitrogens with one attached hydrogen (secondary N) is 2. The number of amides is 3. The number of likely N-dealkylation sites (N-methyl/N-ethyl adjacent to an activating group) is 1. The van der Waals surface area contributed by atoms with E-state index < -0.39 is 8.07 Å². The second-order valence-corrected chi connectivity index (χ2v) is 16.1. The van der Waals surface area contributed by atoms with Gasteiger partial charge < -0.3 is 20.3 Å². The van der Waals surface area contributed by atoms with Crippen LogP contribution in [-0.4, -0.2) is 56.9 Å². The minimum atomic E-state index is -1.22. The Morgan fingerprint density at radius 1 is 1.14 bits per heavy atom. The van der Waals surface area contributed by atoms with Crippen LogP contribution >= 0.6 is 0 Å². The molecule has 6 nitrogen and oxygen atoms in total. The van der Waals surface area contributed by atoms with Crippen LogP contribution in [0.4, 0.5) is 9.59 Å². The van der Waals surface area contributed by atoms with E-state index in [2.05, 4.69) is 30.3 Å². The summed E-state index contributed by atoms with van der Waals surface area (Å²) in [4.78, 5) is 26.5. The molecule has 0 aromatic heterocycles. The maximum atomic E-state index is 12.6. The fourth-order valence-electron chi connectivity index (χ4n) is 3.46. The van der Waals surface area contributed by atoms with E-state index in [9.17, 15) is 9.59 Å². The number of urea groups is 1. The van der Waals surface area contributed by atoms with Gasteiger partial charge in [0.25, 0.3) is 0 Å². The summed E-state index contributed by atoms with van der Waals surface area (Å²) in [6.45, 7) is 13.6. The maximum Gasteiger partial charge on any atom is 0.407 e. The summed E-state index contributed by atoms with van der Waals surface area (Å²) >= 11 is 0. The van der Waals surface area contributed by atoms with E-state index in [1.807, 2.05) is 27.8 Å². The first-order chi connectivity index (χ1) is 12.9. The van der Waals surface area contributed by atoms with Gasteiger partial charge in [0.1, 0.15) is 0 Å². The Hall–Kier alpha value is -1.24. The summed E-state index contributed by atoms with van der Waals surface area (Å²) in [7, 11) is 0.606. The molecule has 3 amide bonds. The molecule has 0 radical (unpaired) electrons. The molecule has 0 spiro atoms. The van der Waals surface area contributed by atoms with Gasteiger partial charge in [0.2, 0.25) is 0 Å². The molecule has 0 aliphatic heterocycles. The summed E-state index contributed by atoms with van der Waals surface area (Å²) in [6, 6.07) is 0.831. The van der Waals surface area contributed by atoms with Crippen LogP contribution in [0, 0.1) is 5.92 Å². The lowest BCUT2D eigenvalue weighted by molar-refractivity contribution is 0.139. The van der Waals surface area contributed by atoms with Crippen LogP contribution in [0.2, 0.25) is 25.7 Å². The maximum absolute atomic E-state index is 12.6. The Bertz CT molecular complexity index is 494. The minimum absolute atomic E-state index is 0.0324. The number of nitrogens with zero attached hydrogens (tertiary/aromatic N) is 1. The zero-order valence-corrected chi connectivity index (χ0v) is 20.2. The van der Waals surface area contributed by atoms with Gasteiger partial charge in [-0.25, -0.2) is 9.59 Å². The summed E-state index contributed by atoms with van der Waals surface area (Å²) in [5.41, 5.74) is -0.288. The number of alkyl carbamates (subject to hydrolysis) is 1. The second kappa shape index (κ2) is 11.1. The number of carbonyl (C=O) groups excluding carboxylic acids is 2. The minimum Gasteiger partial charge on any atom is -0.450 e. The van der Waals surface area contributed by atoms with Crippen molar-refractivity contribution in [1.29, 1.82) is 0 Å². The average Bonchev–Trinajstić information content (AvgIpc) is 2.56. The van der Waals surface area contributed by atoms with Gasteiger partial charge in [0, 0.05) is 27.2 Å². The largest absolute Gasteiger partial charge is 0.450 e. The van der Waals surface area contributed by atoms with Crippen molar-refractivity contribution in [2.24, 2.45) is 5.92 Å². The first kappa shape index (κ1) is 24.8. The molecule has 164 valence electrons. The Balaban J connectivity index is 2.61. The number of rotatable bonds is 8. The van der Waals surface area contributed by atoms with Crippen molar-refractivity contribution in [1.82, 2.24) is 15.5 Å². The molecule has 28 heavy (non-hydrogen) atoms. The molecule has 0 bridgehead atoms. The first-order valence-corrected chi connectivity index (χ1v) is 14.5. The average molecular weight is 414 g/mol. The van der Waals surface area contributed by atoms with Gasteiger partial charge in [0.15, 0.2) is 0 Å². The molecule has 0 saturated heterocycles. The zero-order valence-electron chi connectivity index (χ0n) is 19.2. The number of hydrogen-bond donors (Lipinski definition) is 2. The third kappa shape index (κ3) is 10.9. The van der Waals surface area contributed by atoms with E-state index >= 15 is 0 Å². The Morgan fingerprint density at radius 2 is 1.75 bits per heavy atom. The molecule has 1 aliphatic rings. The van der Waals surface area contributed by atoms with Gasteiger partial charge in [-0.3, -0.25) is 0 Å². The van der Waals surface area contributed by atoms with Crippen molar-refractivity contribution in [3.05, 3.63) is 0 Å². The van der Waals surface area contributed by atoms with Crippen molar-refractivity contribution >= 4 is 20.2 Å². The van der Waals surface area contributed by atoms with Crippen LogP contribution in [0.3, 0.4) is 0 Å². The fraction of sp³-hybridized carbons (Fsp3) is 0.905. The highest BCUT2D eigenvalue weighted by atomic mass is 28.3. The van der Waals surface area contributed by atoms with Crippen LogP contribution in [0.1, 0.15) is 59.3 Å². The third-order valence-electron chi connectivity index (χ3n) is 5.25. The van der Waals surface area contributed by atoms with Crippen LogP contribution in [0.15, 0.2) is 0 Å². The van der Waals surface area contributed by atoms with E-state index in [0.717, 1.165) is 12.5 Å². The standard InChI is InChI=1S/C21H43N3O3Si/c1-21(2,3)23-19(25)24(4)18(15-17-11-9-8-10-12-17)16-22-20(26)27-13-14-28(5,6)7/h17-18H,8-16H2,1-7H3,(H,22,26)(H,23,25). The SMILES string of the molecule is CN(C(=O)NC(C)(C)C)C(CNC(=O)OCC[Si](C)(C)C)CC1CCCCC1. The van der Waals surface area contributed by atoms with Crippen LogP contribution in [-0.2, 0) is 4.74 Å². The second-order valence-electron chi connectivity index (χ2n) is 10.5. The molecule has 7 heteroatoms. The molecule has 0 heterocycles. The number of carbonyl (C=O) groups is 2. The van der Waals surface area contributed by atoms with Gasteiger partial charge in [-0.1, -0.05) is 51.7 Å². The topological polar surface area (TPSA) is 70.7 Å². The molecule has 1 saturated carbocycles. The lowest BCUT2D eigenvalue weighted by Crippen LogP contribution is -2.53. The predicted molar refractivity (Wildman–Crippen MR) is 119 cm³/mol. The van der Waals surface area contributed by atoms with Gasteiger partial charge in [-0.2, -0.15) is 0 Å². The highest BCUT2D eigenvalue weighted by Crippen LogP contribution is 2.28. The van der Waals surface area contributed by atoms with Crippen molar-refractivity contribution in [2.45, 2.75) is 96.6 Å². The van der Waals surface area contributed by atoms with Crippen molar-refractivity contribution in [3.63, 3.8) is 0 Å². The van der Waals surface area contributed by atoms with Gasteiger partial charge >= 0.3 is 12.1 Å². The zero-order chi connectivity index (χ0) is 21.4. The van der Waals surface area contributed by atoms with Gasteiger partial charge in [-0.15, -0.1) is 0 Å². The van der Waals surface area contributed by atoms with E-state index in [1.54, 1.807) is 4.90 Å². The summed E-state index contributed by atoms with van der Waals surface area (Å²) in [6.07, 6.45) is 6.81. The van der Waals surface area contributed by atoms with E-state index in [-0.39, 0.29) is 23.7 Å². The van der Waals surface area contributed by atoms with Crippen molar-refractivity contribution in [2.75, 3.05) is 20.2 Å². The van der Waals surface area contributed by atoms with Crippen molar-refractivity contribution < 1.29 is 14.3 Å². The van der Waals surface area contributed by atoms with Crippen LogP contribution in [0.25, 0.3) is 0 Å². The number of hydrogen-bond acceptors (Lipinski definition) is 3. The molecule has 1 fully saturated rings. The Labute approximate surface area is 173 Å². The third-order valence-corrected chi connectivity index (χ3v) is 6.95. The molecule has 2 N–H and O–H groups in total. The van der Waals surface area contributed by atoms with Gasteiger partial charge in [0.05, 0.1) is 12.6 Å². The molecule has 0 aromatic rings. The normalized spacial score (nSPS) is 17.0. The highest BCUT2D eigenvalue weighted by molar-refractivity contribution is 6.76. The number of ether oxygens (including phenoxy) is 1. The summed E-state index contributed by atoms with van der Waals surface area (Å²) in [5, 5.41) is 5.91. The molecule has 1 unspecified atom stereocenters. The van der Waals surface area contributed by atoms with Crippen molar-refractivity contribution in [3.8, 4) is 0 Å². The quantitative estimate of drug-likeness (QED) is 0.560. The smallest absolute Gasteiger partial charge is 0.407 e. The lowest BCUT2D eigenvalue weighted by Gasteiger charge is -2.34. The van der Waals surface area contributed by atoms with E-state index in [1.165, 1.54) is 32.1 Å². The van der Waals surface area contributed by atoms with Gasteiger partial charge in [-0.05, 0) is 39.2 Å². The summed E-state index contributed by atoms with van der Waals surface area (Å²) in [5.74, 6) is 0.619. The molecule has 1 aliphatic carbocycles. The summed E-state index contributed by atoms with van der Waals surface area (Å²) < 4.78 is 5.34. The highest BCUT2D eigenvalue weighted by Gasteiger charge is 2.27. The molecule has 1 rings (SSSR count). The van der Waals surface area contributed by atoms with E-state index in [0.29, 0.717) is 19.1 Å². The Kier molecular flexibility index (Phi) is 9.81. The predicted octanol–water partition coefficient (Wildman–Crippen LogP) is 4.83. The monoisotopic (exact) mass is 413 g/mol. The van der Waals surface area contributed by atoms with Crippen LogP contribution in [0.5, 0.6) is 0 Å². The Morgan fingerprint density at radius 3 is 2.29 bits per heavy atom. The molecule has 1 atom stereocenters. The van der Waals surface area contributed by atoms with E-state index in [4.69, 9.17) is 4.74 Å². The molecular formula is C21H43N3O3Si. The lowest BCUT2D eigenvalue weighted by atomic mass is 9.84.